The topological polar surface area (TPSA) is 108 Å². The van der Waals surface area contributed by atoms with Gasteiger partial charge in [0.25, 0.3) is 0 Å². The molecule has 2 aromatic carbocycles. The number of hydrogen-bond acceptors (Lipinski definition) is 5. The summed E-state index contributed by atoms with van der Waals surface area (Å²) in [6.07, 6.45) is 0. The Morgan fingerprint density at radius 2 is 1.93 bits per heavy atom. The fraction of sp³-hybridized carbons (Fsp3) is 0.150. The number of carbonyl (C=O) groups excluding carboxylic acids is 1. The lowest BCUT2D eigenvalue weighted by molar-refractivity contribution is 0.100. The summed E-state index contributed by atoms with van der Waals surface area (Å²) < 4.78 is 12.9. The molecule has 0 aliphatic rings. The average Bonchev–Trinajstić information content (AvgIpc) is 3.26. The monoisotopic (exact) mass is 377 g/mol. The zero-order valence-electron chi connectivity index (χ0n) is 15.7. The summed E-state index contributed by atoms with van der Waals surface area (Å²) in [5.41, 5.74) is 9.34. The zero-order chi connectivity index (χ0) is 19.8. The Morgan fingerprint density at radius 3 is 2.64 bits per heavy atom. The third-order valence-electron chi connectivity index (χ3n) is 4.56. The van der Waals surface area contributed by atoms with E-state index in [1.165, 1.54) is 0 Å². The lowest BCUT2D eigenvalue weighted by Crippen LogP contribution is -2.10. The molecule has 0 spiro atoms. The highest BCUT2D eigenvalue weighted by atomic mass is 16.5. The van der Waals surface area contributed by atoms with Crippen LogP contribution in [0.1, 0.15) is 10.4 Å². The molecule has 0 saturated heterocycles. The standard InChI is InChI=1S/C20H19N5O3/c1-25-17(20-22-13-9-8-11(19(21)26)10-14(13)23-20)18(28-3)16(24-25)12-6-4-5-7-15(12)27-2/h4-10H,1-3H3,(H2,21,26)(H,22,23). The lowest BCUT2D eigenvalue weighted by Gasteiger charge is -2.07. The molecule has 8 heteroatoms. The van der Waals surface area contributed by atoms with Crippen molar-refractivity contribution in [2.24, 2.45) is 12.8 Å². The molecule has 3 N–H and O–H groups in total. The van der Waals surface area contributed by atoms with Crippen molar-refractivity contribution < 1.29 is 14.3 Å². The van der Waals surface area contributed by atoms with E-state index in [1.807, 2.05) is 31.3 Å². The van der Waals surface area contributed by atoms with E-state index in [-0.39, 0.29) is 0 Å². The second-order valence-electron chi connectivity index (χ2n) is 6.24. The summed E-state index contributed by atoms with van der Waals surface area (Å²) in [6, 6.07) is 12.7. The normalized spacial score (nSPS) is 11.0. The van der Waals surface area contributed by atoms with Crippen molar-refractivity contribution in [2.45, 2.75) is 0 Å². The number of nitrogens with zero attached hydrogens (tertiary/aromatic N) is 3. The number of carbonyl (C=O) groups is 1. The van der Waals surface area contributed by atoms with E-state index in [1.54, 1.807) is 37.1 Å². The number of hydrogen-bond donors (Lipinski definition) is 2. The number of aromatic amines is 1. The maximum Gasteiger partial charge on any atom is 0.248 e. The van der Waals surface area contributed by atoms with Crippen LogP contribution in [0.4, 0.5) is 0 Å². The fourth-order valence-electron chi connectivity index (χ4n) is 3.25. The number of aromatic nitrogens is 4. The van der Waals surface area contributed by atoms with Crippen LogP contribution in [0.5, 0.6) is 11.5 Å². The number of benzene rings is 2. The van der Waals surface area contributed by atoms with E-state index in [9.17, 15) is 4.79 Å². The van der Waals surface area contributed by atoms with E-state index >= 15 is 0 Å². The Balaban J connectivity index is 1.90. The van der Waals surface area contributed by atoms with Crippen LogP contribution >= 0.6 is 0 Å². The number of nitrogens with one attached hydrogen (secondary N) is 1. The summed E-state index contributed by atoms with van der Waals surface area (Å²) in [4.78, 5) is 19.3. The molecule has 0 fully saturated rings. The molecule has 4 aromatic rings. The number of imidazole rings is 1. The Labute approximate surface area is 160 Å². The molecular formula is C20H19N5O3. The van der Waals surface area contributed by atoms with Crippen molar-refractivity contribution in [1.29, 1.82) is 0 Å². The number of para-hydroxylation sites is 1. The van der Waals surface area contributed by atoms with Gasteiger partial charge in [0.1, 0.15) is 17.1 Å². The van der Waals surface area contributed by atoms with Gasteiger partial charge in [-0.2, -0.15) is 5.10 Å². The van der Waals surface area contributed by atoms with Crippen molar-refractivity contribution in [3.63, 3.8) is 0 Å². The van der Waals surface area contributed by atoms with E-state index in [0.29, 0.717) is 45.3 Å². The molecule has 2 heterocycles. The highest BCUT2D eigenvalue weighted by molar-refractivity contribution is 5.96. The Hall–Kier alpha value is -3.81. The first-order valence-electron chi connectivity index (χ1n) is 8.57. The van der Waals surface area contributed by atoms with Gasteiger partial charge in [-0.15, -0.1) is 0 Å². The van der Waals surface area contributed by atoms with Gasteiger partial charge in [0, 0.05) is 18.2 Å². The molecule has 4 rings (SSSR count). The Bertz CT molecular complexity index is 1190. The van der Waals surface area contributed by atoms with Gasteiger partial charge < -0.3 is 20.2 Å². The Kier molecular flexibility index (Phi) is 4.23. The van der Waals surface area contributed by atoms with Crippen LogP contribution in [0, 0.1) is 0 Å². The first-order chi connectivity index (χ1) is 13.5. The molecule has 0 unspecified atom stereocenters. The number of amides is 1. The second-order valence-corrected chi connectivity index (χ2v) is 6.24. The van der Waals surface area contributed by atoms with Crippen LogP contribution in [-0.4, -0.2) is 39.9 Å². The zero-order valence-corrected chi connectivity index (χ0v) is 15.7. The second kappa shape index (κ2) is 6.73. The molecule has 2 aromatic heterocycles. The van der Waals surface area contributed by atoms with E-state index < -0.39 is 5.91 Å². The third kappa shape index (κ3) is 2.75. The predicted molar refractivity (Wildman–Crippen MR) is 105 cm³/mol. The van der Waals surface area contributed by atoms with Crippen molar-refractivity contribution in [3.05, 3.63) is 48.0 Å². The summed E-state index contributed by atoms with van der Waals surface area (Å²) in [5, 5.41) is 4.63. The molecule has 1 amide bonds. The van der Waals surface area contributed by atoms with E-state index in [2.05, 4.69) is 15.1 Å². The van der Waals surface area contributed by atoms with E-state index in [0.717, 1.165) is 5.56 Å². The number of rotatable bonds is 5. The van der Waals surface area contributed by atoms with Crippen LogP contribution in [-0.2, 0) is 7.05 Å². The summed E-state index contributed by atoms with van der Waals surface area (Å²) in [6.45, 7) is 0. The minimum Gasteiger partial charge on any atom is -0.496 e. The number of H-pyrrole nitrogens is 1. The fourth-order valence-corrected chi connectivity index (χ4v) is 3.25. The van der Waals surface area contributed by atoms with Crippen molar-refractivity contribution in [3.8, 4) is 34.3 Å². The highest BCUT2D eigenvalue weighted by Crippen LogP contribution is 2.41. The van der Waals surface area contributed by atoms with Gasteiger partial charge in [-0.25, -0.2) is 4.98 Å². The van der Waals surface area contributed by atoms with Gasteiger partial charge in [0.15, 0.2) is 11.6 Å². The van der Waals surface area contributed by atoms with Crippen LogP contribution in [0.15, 0.2) is 42.5 Å². The number of aryl methyl sites for hydroxylation is 1. The molecule has 0 radical (unpaired) electrons. The number of ether oxygens (including phenoxy) is 2. The maximum atomic E-state index is 11.4. The lowest BCUT2D eigenvalue weighted by atomic mass is 10.1. The Morgan fingerprint density at radius 1 is 1.14 bits per heavy atom. The molecular weight excluding hydrogens is 358 g/mol. The van der Waals surface area contributed by atoms with Crippen LogP contribution < -0.4 is 15.2 Å². The minimum atomic E-state index is -0.491. The average molecular weight is 377 g/mol. The van der Waals surface area contributed by atoms with Crippen LogP contribution in [0.3, 0.4) is 0 Å². The predicted octanol–water partition coefficient (Wildman–Crippen LogP) is 2.75. The first-order valence-corrected chi connectivity index (χ1v) is 8.57. The van der Waals surface area contributed by atoms with Gasteiger partial charge in [-0.1, -0.05) is 12.1 Å². The van der Waals surface area contributed by atoms with Gasteiger partial charge in [0.2, 0.25) is 5.91 Å². The molecule has 8 nitrogen and oxygen atoms in total. The number of nitrogens with two attached hydrogens (primary N) is 1. The summed E-state index contributed by atoms with van der Waals surface area (Å²) >= 11 is 0. The summed E-state index contributed by atoms with van der Waals surface area (Å²) in [5.74, 6) is 1.35. The molecule has 0 aliphatic carbocycles. The molecule has 0 saturated carbocycles. The van der Waals surface area contributed by atoms with Crippen molar-refractivity contribution in [1.82, 2.24) is 19.7 Å². The number of primary amides is 1. The summed E-state index contributed by atoms with van der Waals surface area (Å²) in [7, 11) is 5.02. The molecule has 0 atom stereocenters. The highest BCUT2D eigenvalue weighted by Gasteiger charge is 2.24. The third-order valence-corrected chi connectivity index (χ3v) is 4.56. The van der Waals surface area contributed by atoms with Gasteiger partial charge in [-0.05, 0) is 30.3 Å². The largest absolute Gasteiger partial charge is 0.496 e. The van der Waals surface area contributed by atoms with Crippen LogP contribution in [0.25, 0.3) is 33.8 Å². The van der Waals surface area contributed by atoms with Gasteiger partial charge in [-0.3, -0.25) is 9.48 Å². The SMILES string of the molecule is COc1ccccc1-c1nn(C)c(-c2nc3ccc(C(N)=O)cc3[nH]2)c1OC. The van der Waals surface area contributed by atoms with E-state index in [4.69, 9.17) is 15.2 Å². The van der Waals surface area contributed by atoms with Crippen LogP contribution in [0.2, 0.25) is 0 Å². The van der Waals surface area contributed by atoms with Crippen molar-refractivity contribution in [2.75, 3.05) is 14.2 Å². The van der Waals surface area contributed by atoms with Gasteiger partial charge >= 0.3 is 0 Å². The first kappa shape index (κ1) is 17.6. The quantitative estimate of drug-likeness (QED) is 0.556. The minimum absolute atomic E-state index is 0.411. The smallest absolute Gasteiger partial charge is 0.248 e. The van der Waals surface area contributed by atoms with Crippen molar-refractivity contribution >= 4 is 16.9 Å². The molecule has 0 aliphatic heterocycles. The van der Waals surface area contributed by atoms with Gasteiger partial charge in [0.05, 0.1) is 25.3 Å². The maximum absolute atomic E-state index is 11.4. The number of fused-ring (bicyclic) bond motifs is 1. The number of methoxy groups -OCH3 is 2. The molecule has 0 bridgehead atoms. The molecule has 142 valence electrons. The molecule has 28 heavy (non-hydrogen) atoms.